The number of nitrogens with two attached hydrogens (primary N) is 1. The quantitative estimate of drug-likeness (QED) is 0.547. The van der Waals surface area contributed by atoms with Crippen molar-refractivity contribution in [1.82, 2.24) is 0 Å². The van der Waals surface area contributed by atoms with E-state index in [-0.39, 0.29) is 0 Å². The summed E-state index contributed by atoms with van der Waals surface area (Å²) in [6.07, 6.45) is 1.69. The first-order chi connectivity index (χ1) is 7.20. The maximum atomic E-state index is 5.99. The fourth-order valence-corrected chi connectivity index (χ4v) is 1.58. The molecule has 1 aliphatic rings. The van der Waals surface area contributed by atoms with Gasteiger partial charge in [-0.25, -0.2) is 0 Å². The third-order valence-corrected chi connectivity index (χ3v) is 2.39. The highest BCUT2D eigenvalue weighted by molar-refractivity contribution is 7.79. The molecule has 1 aromatic carbocycles. The van der Waals surface area contributed by atoms with Gasteiger partial charge in [0, 0.05) is 0 Å². The topological polar surface area (TPSA) is 44.5 Å². The van der Waals surface area contributed by atoms with Gasteiger partial charge in [-0.15, -0.1) is 0 Å². The number of halogens is 1. The second kappa shape index (κ2) is 5.37. The van der Waals surface area contributed by atoms with E-state index in [9.17, 15) is 0 Å². The van der Waals surface area contributed by atoms with Crippen LogP contribution in [0.2, 0.25) is 5.02 Å². The van der Waals surface area contributed by atoms with Crippen LogP contribution in [0.15, 0.2) is 6.07 Å². The van der Waals surface area contributed by atoms with E-state index in [2.05, 4.69) is 12.6 Å². The maximum Gasteiger partial charge on any atom is 0.182 e. The summed E-state index contributed by atoms with van der Waals surface area (Å²) in [4.78, 5) is 0. The van der Waals surface area contributed by atoms with Gasteiger partial charge in [-0.2, -0.15) is 12.6 Å². The van der Waals surface area contributed by atoms with E-state index >= 15 is 0 Å². The second-order valence-corrected chi connectivity index (χ2v) is 3.32. The molecule has 0 radical (unpaired) electrons. The summed E-state index contributed by atoms with van der Waals surface area (Å²) < 4.78 is 10.7. The van der Waals surface area contributed by atoms with Crippen molar-refractivity contribution in [2.75, 3.05) is 25.2 Å². The first-order valence-electron chi connectivity index (χ1n) is 4.49. The third kappa shape index (κ3) is 2.44. The minimum Gasteiger partial charge on any atom is -0.486 e. The molecule has 1 heterocycles. The van der Waals surface area contributed by atoms with Gasteiger partial charge in [0.05, 0.1) is 5.69 Å². The molecule has 2 rings (SSSR count). The highest BCUT2D eigenvalue weighted by atomic mass is 35.5. The molecule has 15 heavy (non-hydrogen) atoms. The molecule has 0 spiro atoms. The van der Waals surface area contributed by atoms with Crippen LogP contribution < -0.4 is 15.2 Å². The summed E-state index contributed by atoms with van der Waals surface area (Å²) in [6, 6.07) is 1.84. The van der Waals surface area contributed by atoms with Crippen LogP contribution in [0.25, 0.3) is 0 Å². The molecule has 1 aromatic rings. The molecule has 2 N–H and O–H groups in total. The molecule has 1 aliphatic heterocycles. The number of ether oxygens (including phenoxy) is 2. The van der Waals surface area contributed by atoms with Gasteiger partial charge in [0.15, 0.2) is 11.5 Å². The summed E-state index contributed by atoms with van der Waals surface area (Å²) in [5.74, 6) is 1.25. The Labute approximate surface area is 99.9 Å². The lowest BCUT2D eigenvalue weighted by Crippen LogP contribution is -2.16. The summed E-state index contributed by atoms with van der Waals surface area (Å²) in [6.45, 7) is 2.97. The predicted molar refractivity (Wildman–Crippen MR) is 66.5 cm³/mol. The number of aryl methyl sites for hydroxylation is 1. The van der Waals surface area contributed by atoms with Crippen molar-refractivity contribution in [2.24, 2.45) is 0 Å². The standard InChI is InChI=1S/C9H10ClNO2.CH4S/c1-5-4-6-9(7(10)8(5)11)13-3-2-12-6;1-2/h4H,2-3,11H2,1H3;2H,1H3. The van der Waals surface area contributed by atoms with Crippen LogP contribution in [0.5, 0.6) is 11.5 Å². The van der Waals surface area contributed by atoms with E-state index in [4.69, 9.17) is 26.8 Å². The van der Waals surface area contributed by atoms with E-state index in [1.54, 1.807) is 6.26 Å². The van der Waals surface area contributed by atoms with Gasteiger partial charge in [-0.3, -0.25) is 0 Å². The van der Waals surface area contributed by atoms with E-state index in [0.29, 0.717) is 35.4 Å². The van der Waals surface area contributed by atoms with Crippen molar-refractivity contribution < 1.29 is 9.47 Å². The summed E-state index contributed by atoms with van der Waals surface area (Å²) in [5, 5.41) is 0.453. The SMILES string of the molecule is CS.Cc1cc2c(c(Cl)c1N)OCCO2. The molecule has 0 saturated carbocycles. The Morgan fingerprint density at radius 2 is 1.93 bits per heavy atom. The number of fused-ring (bicyclic) bond motifs is 1. The Bertz CT molecular complexity index is 358. The fourth-order valence-electron chi connectivity index (χ4n) is 1.28. The predicted octanol–water partition coefficient (Wildman–Crippen LogP) is 2.55. The molecule has 84 valence electrons. The van der Waals surface area contributed by atoms with Crippen LogP contribution >= 0.6 is 24.2 Å². The van der Waals surface area contributed by atoms with Crippen LogP contribution in [0.3, 0.4) is 0 Å². The van der Waals surface area contributed by atoms with Gasteiger partial charge >= 0.3 is 0 Å². The fraction of sp³-hybridized carbons (Fsp3) is 0.400. The molecule has 0 aromatic heterocycles. The van der Waals surface area contributed by atoms with Crippen LogP contribution in [0, 0.1) is 6.92 Å². The van der Waals surface area contributed by atoms with Gasteiger partial charge in [-0.05, 0) is 24.8 Å². The van der Waals surface area contributed by atoms with E-state index < -0.39 is 0 Å². The van der Waals surface area contributed by atoms with Gasteiger partial charge in [0.25, 0.3) is 0 Å². The van der Waals surface area contributed by atoms with E-state index in [0.717, 1.165) is 5.56 Å². The Morgan fingerprint density at radius 3 is 2.60 bits per heavy atom. The molecule has 0 saturated heterocycles. The van der Waals surface area contributed by atoms with Crippen molar-refractivity contribution in [3.63, 3.8) is 0 Å². The number of hydrogen-bond donors (Lipinski definition) is 2. The van der Waals surface area contributed by atoms with Gasteiger partial charge < -0.3 is 15.2 Å². The first kappa shape index (κ1) is 12.3. The smallest absolute Gasteiger partial charge is 0.182 e. The number of hydrogen-bond acceptors (Lipinski definition) is 4. The monoisotopic (exact) mass is 247 g/mol. The zero-order valence-electron chi connectivity index (χ0n) is 8.71. The zero-order valence-corrected chi connectivity index (χ0v) is 10.4. The lowest BCUT2D eigenvalue weighted by atomic mass is 10.1. The van der Waals surface area contributed by atoms with Crippen LogP contribution in [-0.4, -0.2) is 19.5 Å². The Hall–Kier alpha value is -0.740. The summed E-state index contributed by atoms with van der Waals surface area (Å²) >= 11 is 9.51. The lowest BCUT2D eigenvalue weighted by molar-refractivity contribution is 0.171. The van der Waals surface area contributed by atoms with Gasteiger partial charge in [-0.1, -0.05) is 11.6 Å². The Morgan fingerprint density at radius 1 is 1.33 bits per heavy atom. The molecule has 0 atom stereocenters. The number of benzene rings is 1. The number of anilines is 1. The summed E-state index contributed by atoms with van der Waals surface area (Å²) in [7, 11) is 0. The van der Waals surface area contributed by atoms with Crippen LogP contribution in [-0.2, 0) is 0 Å². The van der Waals surface area contributed by atoms with Crippen molar-refractivity contribution in [2.45, 2.75) is 6.92 Å². The molecular weight excluding hydrogens is 234 g/mol. The largest absolute Gasteiger partial charge is 0.486 e. The normalized spacial score (nSPS) is 12.8. The number of rotatable bonds is 0. The van der Waals surface area contributed by atoms with Crippen LogP contribution in [0.1, 0.15) is 5.56 Å². The van der Waals surface area contributed by atoms with E-state index in [1.807, 2.05) is 13.0 Å². The van der Waals surface area contributed by atoms with Gasteiger partial charge in [0.1, 0.15) is 18.2 Å². The second-order valence-electron chi connectivity index (χ2n) is 2.95. The molecule has 0 bridgehead atoms. The van der Waals surface area contributed by atoms with Crippen molar-refractivity contribution in [3.05, 3.63) is 16.7 Å². The molecule has 0 amide bonds. The minimum absolute atomic E-state index is 0.453. The maximum absolute atomic E-state index is 5.99. The van der Waals surface area contributed by atoms with Gasteiger partial charge in [0.2, 0.25) is 0 Å². The van der Waals surface area contributed by atoms with Crippen molar-refractivity contribution >= 4 is 29.9 Å². The molecule has 0 aliphatic carbocycles. The highest BCUT2D eigenvalue weighted by Gasteiger charge is 2.18. The van der Waals surface area contributed by atoms with E-state index in [1.165, 1.54) is 0 Å². The minimum atomic E-state index is 0.453. The lowest BCUT2D eigenvalue weighted by Gasteiger charge is -2.20. The molecule has 5 heteroatoms. The summed E-state index contributed by atoms with van der Waals surface area (Å²) in [5.41, 5.74) is 7.21. The number of nitrogen functional groups attached to an aromatic ring is 1. The first-order valence-corrected chi connectivity index (χ1v) is 5.76. The Kier molecular flexibility index (Phi) is 4.42. The van der Waals surface area contributed by atoms with Crippen LogP contribution in [0.4, 0.5) is 5.69 Å². The molecule has 3 nitrogen and oxygen atoms in total. The molecular formula is C10H14ClNO2S. The third-order valence-electron chi connectivity index (χ3n) is 2.02. The average Bonchev–Trinajstić information content (AvgIpc) is 2.29. The highest BCUT2D eigenvalue weighted by Crippen LogP contribution is 2.42. The Balaban J connectivity index is 0.000000531. The number of thiol groups is 1. The molecule has 0 unspecified atom stereocenters. The van der Waals surface area contributed by atoms with Crippen molar-refractivity contribution in [3.8, 4) is 11.5 Å². The molecule has 0 fully saturated rings. The average molecular weight is 248 g/mol. The zero-order chi connectivity index (χ0) is 11.4. The van der Waals surface area contributed by atoms with Crippen molar-refractivity contribution in [1.29, 1.82) is 0 Å².